The van der Waals surface area contributed by atoms with E-state index in [0.29, 0.717) is 27.6 Å². The highest BCUT2D eigenvalue weighted by molar-refractivity contribution is 7.71. The molecule has 0 aliphatic rings. The first-order valence-corrected chi connectivity index (χ1v) is 8.84. The molecule has 0 saturated carbocycles. The topological polar surface area (TPSA) is 62.7 Å². The third kappa shape index (κ3) is 4.99. The molecule has 1 amide bonds. The summed E-state index contributed by atoms with van der Waals surface area (Å²) in [4.78, 5) is 12.2. The van der Waals surface area contributed by atoms with Crippen molar-refractivity contribution in [1.82, 2.24) is 20.1 Å². The van der Waals surface area contributed by atoms with E-state index < -0.39 is 11.6 Å². The summed E-state index contributed by atoms with van der Waals surface area (Å²) in [6, 6.07) is 10.3. The molecule has 0 bridgehead atoms. The number of amides is 1. The summed E-state index contributed by atoms with van der Waals surface area (Å²) in [5.74, 6) is -1.07. The summed E-state index contributed by atoms with van der Waals surface area (Å²) in [6.07, 6.45) is 0.307. The Morgan fingerprint density at radius 2 is 1.85 bits per heavy atom. The van der Waals surface area contributed by atoms with E-state index in [-0.39, 0.29) is 19.0 Å². The number of aromatic nitrogens is 3. The van der Waals surface area contributed by atoms with Crippen molar-refractivity contribution in [3.63, 3.8) is 0 Å². The average Bonchev–Trinajstić information content (AvgIpc) is 2.95. The molecular weight excluding hydrogens is 394 g/mol. The number of carbonyl (C=O) groups is 1. The molecular formula is C18H15ClF2N4OS. The standard InChI is InChI=1S/C18H15ClF2N4OS/c19-13-3-1-12(2-4-13)17-23-24-18(27)25(17)10-16(26)22-6-5-11-7-14(20)9-15(21)8-11/h1-4,7-9H,5-6,10H2,(H,22,26)(H,24,27). The van der Waals surface area contributed by atoms with Gasteiger partial charge in [-0.1, -0.05) is 11.6 Å². The monoisotopic (exact) mass is 408 g/mol. The first kappa shape index (κ1) is 19.2. The minimum atomic E-state index is -0.645. The summed E-state index contributed by atoms with van der Waals surface area (Å²) in [6.45, 7) is 0.202. The lowest BCUT2D eigenvalue weighted by Crippen LogP contribution is -2.29. The third-order valence-corrected chi connectivity index (χ3v) is 4.38. The third-order valence-electron chi connectivity index (χ3n) is 3.82. The van der Waals surface area contributed by atoms with Gasteiger partial charge in [0.1, 0.15) is 18.2 Å². The Labute approximate surface area is 164 Å². The Morgan fingerprint density at radius 3 is 2.52 bits per heavy atom. The van der Waals surface area contributed by atoms with Crippen LogP contribution >= 0.6 is 23.8 Å². The van der Waals surface area contributed by atoms with Crippen LogP contribution in [0.15, 0.2) is 42.5 Å². The van der Waals surface area contributed by atoms with Gasteiger partial charge in [-0.15, -0.1) is 0 Å². The Hall–Kier alpha value is -2.58. The first-order valence-electron chi connectivity index (χ1n) is 8.05. The number of hydrogen-bond donors (Lipinski definition) is 2. The lowest BCUT2D eigenvalue weighted by Gasteiger charge is -2.09. The molecule has 140 valence electrons. The molecule has 0 spiro atoms. The number of nitrogens with zero attached hydrogens (tertiary/aromatic N) is 2. The van der Waals surface area contributed by atoms with E-state index in [1.165, 1.54) is 12.1 Å². The van der Waals surface area contributed by atoms with E-state index in [2.05, 4.69) is 15.5 Å². The fraction of sp³-hybridized carbons (Fsp3) is 0.167. The summed E-state index contributed by atoms with van der Waals surface area (Å²) >= 11 is 11.1. The van der Waals surface area contributed by atoms with Crippen molar-refractivity contribution in [3.05, 3.63) is 69.5 Å². The molecule has 27 heavy (non-hydrogen) atoms. The van der Waals surface area contributed by atoms with Gasteiger partial charge in [0.25, 0.3) is 0 Å². The molecule has 3 aromatic rings. The Kier molecular flexibility index (Phi) is 5.98. The molecule has 2 aromatic carbocycles. The number of hydrogen-bond acceptors (Lipinski definition) is 3. The van der Waals surface area contributed by atoms with Gasteiger partial charge in [0.05, 0.1) is 0 Å². The molecule has 1 heterocycles. The zero-order valence-corrected chi connectivity index (χ0v) is 15.6. The summed E-state index contributed by atoms with van der Waals surface area (Å²) < 4.78 is 28.2. The molecule has 0 saturated heterocycles. The van der Waals surface area contributed by atoms with Crippen molar-refractivity contribution < 1.29 is 13.6 Å². The van der Waals surface area contributed by atoms with Crippen molar-refractivity contribution in [1.29, 1.82) is 0 Å². The second-order valence-corrected chi connectivity index (χ2v) is 6.65. The zero-order chi connectivity index (χ0) is 19.4. The van der Waals surface area contributed by atoms with Crippen LogP contribution in [0, 0.1) is 16.4 Å². The molecule has 2 N–H and O–H groups in total. The van der Waals surface area contributed by atoms with Gasteiger partial charge in [-0.25, -0.2) is 8.78 Å². The largest absolute Gasteiger partial charge is 0.354 e. The molecule has 0 aliphatic heterocycles. The number of aromatic amines is 1. The second kappa shape index (κ2) is 8.41. The lowest BCUT2D eigenvalue weighted by atomic mass is 10.1. The SMILES string of the molecule is O=C(Cn1c(-c2ccc(Cl)cc2)n[nH]c1=S)NCCc1cc(F)cc(F)c1. The number of halogens is 3. The summed E-state index contributed by atoms with van der Waals surface area (Å²) in [5.41, 5.74) is 1.23. The predicted molar refractivity (Wildman–Crippen MR) is 101 cm³/mol. The first-order chi connectivity index (χ1) is 12.9. The van der Waals surface area contributed by atoms with Crippen LogP contribution in [0.1, 0.15) is 5.56 Å². The van der Waals surface area contributed by atoms with Crippen molar-refractivity contribution in [2.24, 2.45) is 0 Å². The zero-order valence-electron chi connectivity index (χ0n) is 14.0. The number of rotatable bonds is 6. The average molecular weight is 409 g/mol. The van der Waals surface area contributed by atoms with Crippen LogP contribution in [0.2, 0.25) is 5.02 Å². The van der Waals surface area contributed by atoms with Crippen LogP contribution in [0.3, 0.4) is 0 Å². The second-order valence-electron chi connectivity index (χ2n) is 5.82. The summed E-state index contributed by atoms with van der Waals surface area (Å²) in [5, 5.41) is 10.1. The van der Waals surface area contributed by atoms with Crippen LogP contribution in [-0.2, 0) is 17.8 Å². The Balaban J connectivity index is 1.63. The van der Waals surface area contributed by atoms with Gasteiger partial charge in [-0.05, 0) is 60.6 Å². The van der Waals surface area contributed by atoms with Gasteiger partial charge >= 0.3 is 0 Å². The molecule has 3 rings (SSSR count). The molecule has 0 atom stereocenters. The quantitative estimate of drug-likeness (QED) is 0.608. The van der Waals surface area contributed by atoms with Crippen molar-refractivity contribution >= 4 is 29.7 Å². The van der Waals surface area contributed by atoms with E-state index >= 15 is 0 Å². The van der Waals surface area contributed by atoms with E-state index in [4.69, 9.17) is 23.8 Å². The van der Waals surface area contributed by atoms with Crippen molar-refractivity contribution in [2.45, 2.75) is 13.0 Å². The number of H-pyrrole nitrogens is 1. The predicted octanol–water partition coefficient (Wildman–Crippen LogP) is 3.90. The van der Waals surface area contributed by atoms with Gasteiger partial charge in [-0.3, -0.25) is 14.5 Å². The Morgan fingerprint density at radius 1 is 1.19 bits per heavy atom. The van der Waals surface area contributed by atoms with Crippen LogP contribution in [0.5, 0.6) is 0 Å². The Bertz CT molecular complexity index is 997. The van der Waals surface area contributed by atoms with Gasteiger partial charge in [0.2, 0.25) is 5.91 Å². The fourth-order valence-electron chi connectivity index (χ4n) is 2.58. The van der Waals surface area contributed by atoms with E-state index in [9.17, 15) is 13.6 Å². The fourth-order valence-corrected chi connectivity index (χ4v) is 2.91. The minimum Gasteiger partial charge on any atom is -0.354 e. The maximum Gasteiger partial charge on any atom is 0.240 e. The van der Waals surface area contributed by atoms with Crippen LogP contribution in [0.4, 0.5) is 8.78 Å². The molecule has 5 nitrogen and oxygen atoms in total. The molecule has 0 radical (unpaired) electrons. The normalized spacial score (nSPS) is 10.8. The van der Waals surface area contributed by atoms with Crippen molar-refractivity contribution in [2.75, 3.05) is 6.54 Å². The molecule has 0 fully saturated rings. The van der Waals surface area contributed by atoms with Gasteiger partial charge in [0, 0.05) is 23.2 Å². The van der Waals surface area contributed by atoms with E-state index in [1.807, 2.05) is 0 Å². The van der Waals surface area contributed by atoms with Crippen molar-refractivity contribution in [3.8, 4) is 11.4 Å². The highest BCUT2D eigenvalue weighted by atomic mass is 35.5. The molecule has 0 aliphatic carbocycles. The highest BCUT2D eigenvalue weighted by Crippen LogP contribution is 2.19. The molecule has 1 aromatic heterocycles. The van der Waals surface area contributed by atoms with Crippen LogP contribution in [0.25, 0.3) is 11.4 Å². The number of benzene rings is 2. The van der Waals surface area contributed by atoms with E-state index in [1.54, 1.807) is 28.8 Å². The van der Waals surface area contributed by atoms with Gasteiger partial charge < -0.3 is 5.32 Å². The van der Waals surface area contributed by atoms with Crippen LogP contribution in [-0.4, -0.2) is 27.2 Å². The van der Waals surface area contributed by atoms with Gasteiger partial charge in [-0.2, -0.15) is 5.10 Å². The maximum absolute atomic E-state index is 13.2. The number of nitrogens with one attached hydrogen (secondary N) is 2. The maximum atomic E-state index is 13.2. The minimum absolute atomic E-state index is 0.0369. The van der Waals surface area contributed by atoms with Gasteiger partial charge in [0.15, 0.2) is 10.6 Å². The van der Waals surface area contributed by atoms with E-state index in [0.717, 1.165) is 11.6 Å². The molecule has 9 heteroatoms. The van der Waals surface area contributed by atoms with Crippen LogP contribution < -0.4 is 5.32 Å². The highest BCUT2D eigenvalue weighted by Gasteiger charge is 2.12. The summed E-state index contributed by atoms with van der Waals surface area (Å²) in [7, 11) is 0. The smallest absolute Gasteiger partial charge is 0.240 e. The lowest BCUT2D eigenvalue weighted by molar-refractivity contribution is -0.121. The molecule has 0 unspecified atom stereocenters. The number of carbonyl (C=O) groups excluding carboxylic acids is 1.